The van der Waals surface area contributed by atoms with Gasteiger partial charge < -0.3 is 8.92 Å². The minimum atomic E-state index is -5.78. The molecule has 30 heavy (non-hydrogen) atoms. The van der Waals surface area contributed by atoms with E-state index in [-0.39, 0.29) is 5.75 Å². The summed E-state index contributed by atoms with van der Waals surface area (Å²) in [6.45, 7) is 2.17. The third-order valence-electron chi connectivity index (χ3n) is 4.27. The number of rotatable bonds is 8. The third kappa shape index (κ3) is 6.70. The second-order valence-corrected chi connectivity index (χ2v) is 8.14. The number of hydrogen-bond acceptors (Lipinski definition) is 4. The lowest BCUT2D eigenvalue weighted by Gasteiger charge is -2.12. The van der Waals surface area contributed by atoms with Crippen molar-refractivity contribution in [3.05, 3.63) is 59.2 Å². The van der Waals surface area contributed by atoms with Gasteiger partial charge >= 0.3 is 15.6 Å². The molecule has 2 aromatic rings. The predicted octanol–water partition coefficient (Wildman–Crippen LogP) is 5.45. The smallest absolute Gasteiger partial charge is 0.493 e. The molecule has 162 valence electrons. The lowest BCUT2D eigenvalue weighted by Crippen LogP contribution is -2.28. The molecule has 0 saturated heterocycles. The maximum absolute atomic E-state index is 12.5. The molecule has 0 N–H and O–H groups in total. The van der Waals surface area contributed by atoms with Crippen LogP contribution in [-0.4, -0.2) is 21.0 Å². The zero-order chi connectivity index (χ0) is 22.2. The molecule has 0 heterocycles. The van der Waals surface area contributed by atoms with E-state index in [0.717, 1.165) is 24.5 Å². The predicted molar refractivity (Wildman–Crippen MR) is 109 cm³/mol. The maximum atomic E-state index is 12.5. The first-order valence-electron chi connectivity index (χ1n) is 9.46. The van der Waals surface area contributed by atoms with Gasteiger partial charge in [-0.05, 0) is 48.7 Å². The molecule has 0 fully saturated rings. The fourth-order valence-electron chi connectivity index (χ4n) is 2.63. The van der Waals surface area contributed by atoms with Crippen LogP contribution in [0.5, 0.6) is 11.5 Å². The summed E-state index contributed by atoms with van der Waals surface area (Å²) in [4.78, 5) is 0. The molecule has 0 radical (unpaired) electrons. The lowest BCUT2D eigenvalue weighted by atomic mass is 10.0. The summed E-state index contributed by atoms with van der Waals surface area (Å²) in [5.41, 5.74) is -3.07. The summed E-state index contributed by atoms with van der Waals surface area (Å²) in [6.07, 6.45) is 5.82. The monoisotopic (exact) mass is 440 g/mol. The number of ether oxygens (including phenoxy) is 1. The molecule has 0 saturated carbocycles. The average molecular weight is 440 g/mol. The maximum Gasteiger partial charge on any atom is 0.534 e. The van der Waals surface area contributed by atoms with Crippen molar-refractivity contribution in [1.82, 2.24) is 0 Å². The van der Waals surface area contributed by atoms with Gasteiger partial charge in [0.15, 0.2) is 11.5 Å². The van der Waals surface area contributed by atoms with Gasteiger partial charge in [-0.15, -0.1) is 0 Å². The Bertz CT molecular complexity index is 1000. The molecule has 2 aromatic carbocycles. The Morgan fingerprint density at radius 3 is 2.13 bits per heavy atom. The largest absolute Gasteiger partial charge is 0.534 e. The van der Waals surface area contributed by atoms with Crippen molar-refractivity contribution >= 4 is 10.1 Å². The summed E-state index contributed by atoms with van der Waals surface area (Å²) in [6, 6.07) is 11.6. The molecule has 0 aliphatic carbocycles. The molecule has 0 atom stereocenters. The van der Waals surface area contributed by atoms with Crippen LogP contribution in [0.15, 0.2) is 42.5 Å². The second-order valence-electron chi connectivity index (χ2n) is 6.61. The topological polar surface area (TPSA) is 52.6 Å². The van der Waals surface area contributed by atoms with Gasteiger partial charge in [0.25, 0.3) is 0 Å². The van der Waals surface area contributed by atoms with Crippen LogP contribution in [0.2, 0.25) is 0 Å². The Hall–Kier alpha value is -2.66. The normalized spacial score (nSPS) is 11.5. The van der Waals surface area contributed by atoms with Crippen molar-refractivity contribution in [2.24, 2.45) is 0 Å². The van der Waals surface area contributed by atoms with E-state index in [1.807, 2.05) is 24.3 Å². The molecular formula is C22H23F3O4S. The minimum absolute atomic E-state index is 0.169. The van der Waals surface area contributed by atoms with Gasteiger partial charge in [-0.1, -0.05) is 50.2 Å². The summed E-state index contributed by atoms with van der Waals surface area (Å²) in [7, 11) is -4.59. The molecule has 0 aliphatic rings. The van der Waals surface area contributed by atoms with Crippen LogP contribution in [-0.2, 0) is 16.5 Å². The first-order chi connectivity index (χ1) is 14.2. The number of aryl methyl sites for hydroxylation is 1. The highest BCUT2D eigenvalue weighted by Crippen LogP contribution is 2.33. The van der Waals surface area contributed by atoms with E-state index < -0.39 is 21.4 Å². The quantitative estimate of drug-likeness (QED) is 0.237. The standard InChI is InChI=1S/C22H23F3O4S/c1-3-4-5-6-7-17-8-10-18(11-9-17)12-13-19-14-15-20(21(16-19)28-2)29-30(26,27)22(23,24)25/h8-11,14-16H,3-7H2,1-2H3. The number of benzene rings is 2. The molecule has 8 heteroatoms. The Morgan fingerprint density at radius 1 is 0.900 bits per heavy atom. The third-order valence-corrected chi connectivity index (χ3v) is 5.24. The lowest BCUT2D eigenvalue weighted by molar-refractivity contribution is -0.0500. The average Bonchev–Trinajstić information content (AvgIpc) is 2.70. The van der Waals surface area contributed by atoms with Crippen LogP contribution < -0.4 is 8.92 Å². The van der Waals surface area contributed by atoms with Crippen molar-refractivity contribution in [2.45, 2.75) is 44.5 Å². The van der Waals surface area contributed by atoms with E-state index in [1.165, 1.54) is 44.1 Å². The number of unbranched alkanes of at least 4 members (excludes halogenated alkanes) is 3. The Morgan fingerprint density at radius 2 is 1.53 bits per heavy atom. The van der Waals surface area contributed by atoms with Crippen LogP contribution in [0.4, 0.5) is 13.2 Å². The molecule has 0 aliphatic heterocycles. The van der Waals surface area contributed by atoms with E-state index in [0.29, 0.717) is 5.56 Å². The van der Waals surface area contributed by atoms with Crippen LogP contribution in [0, 0.1) is 11.8 Å². The fraction of sp³-hybridized carbons (Fsp3) is 0.364. The van der Waals surface area contributed by atoms with Gasteiger partial charge in [-0.25, -0.2) is 0 Å². The van der Waals surface area contributed by atoms with Gasteiger partial charge in [-0.2, -0.15) is 21.6 Å². The van der Waals surface area contributed by atoms with Crippen molar-refractivity contribution in [3.8, 4) is 23.3 Å². The minimum Gasteiger partial charge on any atom is -0.493 e. The van der Waals surface area contributed by atoms with E-state index in [4.69, 9.17) is 4.74 Å². The summed E-state index contributed by atoms with van der Waals surface area (Å²) in [5.74, 6) is 5.11. The van der Waals surface area contributed by atoms with E-state index in [2.05, 4.69) is 22.9 Å². The second kappa shape index (κ2) is 10.4. The van der Waals surface area contributed by atoms with Gasteiger partial charge in [0.1, 0.15) is 0 Å². The molecule has 0 spiro atoms. The van der Waals surface area contributed by atoms with Gasteiger partial charge in [0.05, 0.1) is 7.11 Å². The number of alkyl halides is 3. The first-order valence-corrected chi connectivity index (χ1v) is 10.9. The number of methoxy groups -OCH3 is 1. The summed E-state index contributed by atoms with van der Waals surface area (Å²) in [5, 5.41) is 0. The Kier molecular flexibility index (Phi) is 8.18. The van der Waals surface area contributed by atoms with Crippen LogP contribution in [0.25, 0.3) is 0 Å². The number of hydrogen-bond donors (Lipinski definition) is 0. The van der Waals surface area contributed by atoms with Gasteiger partial charge in [0, 0.05) is 11.1 Å². The summed E-state index contributed by atoms with van der Waals surface area (Å²) < 4.78 is 68.9. The van der Waals surface area contributed by atoms with Gasteiger partial charge in [-0.3, -0.25) is 0 Å². The van der Waals surface area contributed by atoms with Gasteiger partial charge in [0.2, 0.25) is 0 Å². The highest BCUT2D eigenvalue weighted by atomic mass is 32.2. The van der Waals surface area contributed by atoms with Crippen molar-refractivity contribution < 1.29 is 30.5 Å². The van der Waals surface area contributed by atoms with E-state index in [1.54, 1.807) is 0 Å². The number of halogens is 3. The molecule has 0 unspecified atom stereocenters. The van der Waals surface area contributed by atoms with E-state index >= 15 is 0 Å². The molecule has 4 nitrogen and oxygen atoms in total. The summed E-state index contributed by atoms with van der Waals surface area (Å²) >= 11 is 0. The van der Waals surface area contributed by atoms with Crippen LogP contribution in [0.1, 0.15) is 49.3 Å². The van der Waals surface area contributed by atoms with Crippen molar-refractivity contribution in [3.63, 3.8) is 0 Å². The van der Waals surface area contributed by atoms with Crippen molar-refractivity contribution in [1.29, 1.82) is 0 Å². The Balaban J connectivity index is 2.11. The molecule has 0 bridgehead atoms. The fourth-order valence-corrected chi connectivity index (χ4v) is 3.10. The highest BCUT2D eigenvalue weighted by Gasteiger charge is 2.48. The molecule has 0 amide bonds. The first kappa shape index (κ1) is 23.6. The Labute approximate surface area is 175 Å². The molecule has 2 rings (SSSR count). The zero-order valence-corrected chi connectivity index (χ0v) is 17.6. The zero-order valence-electron chi connectivity index (χ0n) is 16.8. The molecule has 0 aromatic heterocycles. The SMILES string of the molecule is CCCCCCc1ccc(C#Cc2ccc(OS(=O)(=O)C(F)(F)F)c(OC)c2)cc1. The van der Waals surface area contributed by atoms with E-state index in [9.17, 15) is 21.6 Å². The van der Waals surface area contributed by atoms with Crippen LogP contribution in [0.3, 0.4) is 0 Å². The van der Waals surface area contributed by atoms with Crippen LogP contribution >= 0.6 is 0 Å². The highest BCUT2D eigenvalue weighted by molar-refractivity contribution is 7.88. The molecular weight excluding hydrogens is 417 g/mol. The van der Waals surface area contributed by atoms with Crippen molar-refractivity contribution in [2.75, 3.05) is 7.11 Å².